The quantitative estimate of drug-likeness (QED) is 0.257. The summed E-state index contributed by atoms with van der Waals surface area (Å²) >= 11 is 5.89. The number of benzene rings is 4. The van der Waals surface area contributed by atoms with Crippen LogP contribution in [0.25, 0.3) is 10.8 Å². The number of halogens is 1. The van der Waals surface area contributed by atoms with E-state index in [4.69, 9.17) is 16.3 Å². The molecule has 0 unspecified atom stereocenters. The lowest BCUT2D eigenvalue weighted by molar-refractivity contribution is -0.134. The van der Waals surface area contributed by atoms with E-state index >= 15 is 0 Å². The van der Waals surface area contributed by atoms with Crippen LogP contribution in [-0.2, 0) is 11.3 Å². The number of nitrogens with one attached hydrogen (secondary N) is 1. The number of carbonyl (C=O) groups is 2. The van der Waals surface area contributed by atoms with Gasteiger partial charge in [-0.25, -0.2) is 0 Å². The molecule has 0 fully saturated rings. The molecule has 0 aliphatic carbocycles. The summed E-state index contributed by atoms with van der Waals surface area (Å²) in [6.45, 7) is 7.85. The molecule has 36 heavy (non-hydrogen) atoms. The number of ether oxygens (including phenoxy) is 1. The van der Waals surface area contributed by atoms with Crippen molar-refractivity contribution in [2.24, 2.45) is 0 Å². The number of carbonyl (C=O) groups excluding carboxylic acids is 2. The highest BCUT2D eigenvalue weighted by Gasteiger charge is 2.30. The third-order valence-corrected chi connectivity index (χ3v) is 5.71. The Kier molecular flexibility index (Phi) is 10.2. The molecule has 6 heteroatoms. The molecular weight excluding hydrogens is 472 g/mol. The number of hydrogen-bond donors (Lipinski definition) is 2. The predicted octanol–water partition coefficient (Wildman–Crippen LogP) is 7.39. The topological polar surface area (TPSA) is 90.4 Å². The van der Waals surface area contributed by atoms with Crippen molar-refractivity contribution in [3.05, 3.63) is 113 Å². The van der Waals surface area contributed by atoms with Gasteiger partial charge >= 0.3 is 0 Å². The maximum Gasteiger partial charge on any atom is 0.263 e. The van der Waals surface area contributed by atoms with Crippen LogP contribution in [0.15, 0.2) is 91.0 Å². The number of ketones is 1. The van der Waals surface area contributed by atoms with E-state index in [2.05, 4.69) is 17.4 Å². The molecule has 0 spiro atoms. The van der Waals surface area contributed by atoms with Crippen LogP contribution in [0.1, 0.15) is 49.2 Å². The van der Waals surface area contributed by atoms with Crippen molar-refractivity contribution >= 4 is 34.1 Å². The van der Waals surface area contributed by atoms with Crippen LogP contribution in [0.5, 0.6) is 5.75 Å². The van der Waals surface area contributed by atoms with Crippen molar-refractivity contribution < 1.29 is 14.3 Å². The van der Waals surface area contributed by atoms with Crippen LogP contribution < -0.4 is 16.2 Å². The summed E-state index contributed by atoms with van der Waals surface area (Å²) in [7, 11) is 0. The molecule has 1 amide bonds. The first kappa shape index (κ1) is 28.6. The lowest BCUT2D eigenvalue weighted by Gasteiger charge is -2.25. The van der Waals surface area contributed by atoms with Crippen LogP contribution in [-0.4, -0.2) is 17.3 Å². The van der Waals surface area contributed by atoms with Gasteiger partial charge in [-0.15, -0.1) is 0 Å². The highest BCUT2D eigenvalue weighted by molar-refractivity contribution is 6.30. The zero-order valence-electron chi connectivity index (χ0n) is 21.2. The number of rotatable bonds is 7. The van der Waals surface area contributed by atoms with E-state index in [1.165, 1.54) is 0 Å². The van der Waals surface area contributed by atoms with Gasteiger partial charge in [0.25, 0.3) is 5.91 Å². The molecular formula is C30H33ClN2O3. The molecule has 4 rings (SSSR count). The minimum Gasteiger partial charge on any atom is -0.478 e. The van der Waals surface area contributed by atoms with Gasteiger partial charge in [0, 0.05) is 22.7 Å². The van der Waals surface area contributed by atoms with E-state index in [1.807, 2.05) is 44.2 Å². The number of hydrogen-bond acceptors (Lipinski definition) is 4. The first-order valence-corrected chi connectivity index (χ1v) is 12.1. The fourth-order valence-corrected chi connectivity index (χ4v) is 3.74. The third kappa shape index (κ3) is 6.94. The fraction of sp³-hybridized carbons (Fsp3) is 0.200. The maximum absolute atomic E-state index is 12.9. The van der Waals surface area contributed by atoms with Gasteiger partial charge in [0.05, 0.1) is 0 Å². The standard InChI is InChI=1S/C28H24ClNO3.C2H6.H3N/c1-28(2,27(32)30-18-22-8-5-7-19-6-3-4-9-25(19)22)33-24-16-12-21(13-17-24)26(31)20-10-14-23(29)15-11-20;1-2;/h3-17H,18H2,1-2H3,(H,30,32);1-2H3;1H3. The molecule has 4 aromatic carbocycles. The average molecular weight is 505 g/mol. The minimum atomic E-state index is -1.09. The predicted molar refractivity (Wildman–Crippen MR) is 148 cm³/mol. The van der Waals surface area contributed by atoms with Crippen LogP contribution in [0, 0.1) is 0 Å². The molecule has 0 aliphatic rings. The Morgan fingerprint density at radius 2 is 1.36 bits per heavy atom. The lowest BCUT2D eigenvalue weighted by atomic mass is 10.0. The third-order valence-electron chi connectivity index (χ3n) is 5.46. The van der Waals surface area contributed by atoms with Gasteiger partial charge < -0.3 is 16.2 Å². The van der Waals surface area contributed by atoms with Crippen molar-refractivity contribution in [2.75, 3.05) is 0 Å². The van der Waals surface area contributed by atoms with Gasteiger partial charge in [-0.05, 0) is 78.7 Å². The van der Waals surface area contributed by atoms with Gasteiger partial charge in [-0.2, -0.15) is 0 Å². The Balaban J connectivity index is 0.00000148. The summed E-state index contributed by atoms with van der Waals surface area (Å²) in [4.78, 5) is 25.5. The molecule has 0 aromatic heterocycles. The second-order valence-corrected chi connectivity index (χ2v) is 8.73. The zero-order chi connectivity index (χ0) is 25.4. The first-order valence-electron chi connectivity index (χ1n) is 11.7. The molecule has 0 bridgehead atoms. The van der Waals surface area contributed by atoms with Gasteiger partial charge in [0.2, 0.25) is 0 Å². The first-order chi connectivity index (χ1) is 16.8. The Bertz CT molecular complexity index is 1290. The average Bonchev–Trinajstić information content (AvgIpc) is 2.88. The van der Waals surface area contributed by atoms with E-state index in [9.17, 15) is 9.59 Å². The molecule has 0 heterocycles. The molecule has 4 aromatic rings. The molecule has 0 radical (unpaired) electrons. The smallest absolute Gasteiger partial charge is 0.263 e. The molecule has 0 aliphatic heterocycles. The highest BCUT2D eigenvalue weighted by atomic mass is 35.5. The van der Waals surface area contributed by atoms with Crippen LogP contribution in [0.2, 0.25) is 5.02 Å². The van der Waals surface area contributed by atoms with E-state index in [1.54, 1.807) is 62.4 Å². The highest BCUT2D eigenvalue weighted by Crippen LogP contribution is 2.22. The van der Waals surface area contributed by atoms with Gasteiger partial charge in [0.15, 0.2) is 11.4 Å². The molecule has 4 N–H and O–H groups in total. The SMILES string of the molecule is CC.CC(C)(Oc1ccc(C(=O)c2ccc(Cl)cc2)cc1)C(=O)NCc1cccc2ccccc12.N. The summed E-state index contributed by atoms with van der Waals surface area (Å²) in [5.74, 6) is 0.176. The van der Waals surface area contributed by atoms with E-state index in [0.29, 0.717) is 28.4 Å². The Labute approximate surface area is 218 Å². The second-order valence-electron chi connectivity index (χ2n) is 8.29. The van der Waals surface area contributed by atoms with Crippen molar-refractivity contribution in [3.8, 4) is 5.75 Å². The van der Waals surface area contributed by atoms with E-state index in [-0.39, 0.29) is 17.8 Å². The fourth-order valence-electron chi connectivity index (χ4n) is 3.62. The van der Waals surface area contributed by atoms with Crippen molar-refractivity contribution in [3.63, 3.8) is 0 Å². The van der Waals surface area contributed by atoms with Crippen molar-refractivity contribution in [1.82, 2.24) is 11.5 Å². The lowest BCUT2D eigenvalue weighted by Crippen LogP contribution is -2.46. The Morgan fingerprint density at radius 1 is 0.806 bits per heavy atom. The van der Waals surface area contributed by atoms with Crippen LogP contribution in [0.3, 0.4) is 0 Å². The van der Waals surface area contributed by atoms with Crippen molar-refractivity contribution in [2.45, 2.75) is 39.8 Å². The second kappa shape index (κ2) is 12.9. The Morgan fingerprint density at radius 3 is 2.00 bits per heavy atom. The normalized spacial score (nSPS) is 10.5. The molecule has 5 nitrogen and oxygen atoms in total. The minimum absolute atomic E-state index is 0. The van der Waals surface area contributed by atoms with Gasteiger partial charge in [0.1, 0.15) is 5.75 Å². The summed E-state index contributed by atoms with van der Waals surface area (Å²) in [5, 5.41) is 5.80. The molecule has 188 valence electrons. The largest absolute Gasteiger partial charge is 0.478 e. The van der Waals surface area contributed by atoms with Gasteiger partial charge in [-0.1, -0.05) is 67.9 Å². The summed E-state index contributed by atoms with van der Waals surface area (Å²) in [6.07, 6.45) is 0. The summed E-state index contributed by atoms with van der Waals surface area (Å²) < 4.78 is 5.95. The molecule has 0 saturated heterocycles. The van der Waals surface area contributed by atoms with Gasteiger partial charge in [-0.3, -0.25) is 9.59 Å². The van der Waals surface area contributed by atoms with E-state index in [0.717, 1.165) is 16.3 Å². The Hall–Kier alpha value is -3.67. The monoisotopic (exact) mass is 504 g/mol. The zero-order valence-corrected chi connectivity index (χ0v) is 21.9. The number of fused-ring (bicyclic) bond motifs is 1. The molecule has 0 saturated carbocycles. The van der Waals surface area contributed by atoms with Crippen molar-refractivity contribution in [1.29, 1.82) is 0 Å². The van der Waals surface area contributed by atoms with E-state index < -0.39 is 5.60 Å². The summed E-state index contributed by atoms with van der Waals surface area (Å²) in [6, 6.07) is 27.7. The number of amides is 1. The van der Waals surface area contributed by atoms with Crippen LogP contribution >= 0.6 is 11.6 Å². The maximum atomic E-state index is 12.9. The summed E-state index contributed by atoms with van der Waals surface area (Å²) in [5.41, 5.74) is 1.04. The molecule has 0 atom stereocenters. The van der Waals surface area contributed by atoms with Crippen LogP contribution in [0.4, 0.5) is 0 Å².